The van der Waals surface area contributed by atoms with Crippen molar-refractivity contribution in [3.8, 4) is 11.7 Å². The largest absolute Gasteiger partial charge is 0.459 e. The highest BCUT2D eigenvalue weighted by Crippen LogP contribution is 2.32. The van der Waals surface area contributed by atoms with Gasteiger partial charge in [-0.2, -0.15) is 0 Å². The molecule has 0 atom stereocenters. The summed E-state index contributed by atoms with van der Waals surface area (Å²) in [7, 11) is 0. The molecule has 1 saturated carbocycles. The minimum Gasteiger partial charge on any atom is -0.459 e. The zero-order valence-corrected chi connectivity index (χ0v) is 14.4. The Labute approximate surface area is 151 Å². The minimum absolute atomic E-state index is 0.0725. The third-order valence-electron chi connectivity index (χ3n) is 4.75. The predicted molar refractivity (Wildman–Crippen MR) is 93.4 cm³/mol. The van der Waals surface area contributed by atoms with E-state index >= 15 is 0 Å². The van der Waals surface area contributed by atoms with Crippen LogP contribution in [0.25, 0.3) is 11.7 Å². The molecule has 1 aromatic carbocycles. The van der Waals surface area contributed by atoms with Gasteiger partial charge in [-0.05, 0) is 48.6 Å². The molecular weight excluding hydrogens is 332 g/mol. The van der Waals surface area contributed by atoms with Crippen LogP contribution in [0.3, 0.4) is 0 Å². The molecule has 0 amide bonds. The summed E-state index contributed by atoms with van der Waals surface area (Å²) in [6.07, 6.45) is 7.91. The van der Waals surface area contributed by atoms with Crippen LogP contribution in [0.15, 0.2) is 51.5 Å². The van der Waals surface area contributed by atoms with Crippen LogP contribution < -0.4 is 0 Å². The number of carbonyl (C=O) groups excluding carboxylic acids is 1. The molecule has 0 radical (unpaired) electrons. The van der Waals surface area contributed by atoms with Gasteiger partial charge in [-0.3, -0.25) is 0 Å². The number of hydrogen-bond donors (Lipinski definition) is 0. The second-order valence-electron chi connectivity index (χ2n) is 6.51. The number of aromatic nitrogens is 2. The van der Waals surface area contributed by atoms with Crippen molar-refractivity contribution in [2.24, 2.45) is 0 Å². The standard InChI is InChI=1S/C20H20N2O4/c23-20(16-10-8-15(9-11-16)14-5-2-1-3-6-14)25-13-18-21-22-19(26-18)17-7-4-12-24-17/h4,7-12,14H,1-3,5-6,13H2. The van der Waals surface area contributed by atoms with Gasteiger partial charge in [-0.1, -0.05) is 31.4 Å². The Bertz CT molecular complexity index is 846. The maximum absolute atomic E-state index is 12.2. The van der Waals surface area contributed by atoms with Crippen molar-refractivity contribution in [3.63, 3.8) is 0 Å². The molecule has 0 bridgehead atoms. The molecule has 0 spiro atoms. The number of rotatable bonds is 5. The van der Waals surface area contributed by atoms with Crippen molar-refractivity contribution in [3.05, 3.63) is 59.7 Å². The van der Waals surface area contributed by atoms with E-state index < -0.39 is 5.97 Å². The van der Waals surface area contributed by atoms with Crippen molar-refractivity contribution in [1.29, 1.82) is 0 Å². The lowest BCUT2D eigenvalue weighted by Crippen LogP contribution is -2.07. The van der Waals surface area contributed by atoms with Gasteiger partial charge in [0, 0.05) is 0 Å². The molecule has 134 valence electrons. The summed E-state index contributed by atoms with van der Waals surface area (Å²) in [5.41, 5.74) is 1.83. The summed E-state index contributed by atoms with van der Waals surface area (Å²) in [6, 6.07) is 11.2. The maximum atomic E-state index is 12.2. The second-order valence-corrected chi connectivity index (χ2v) is 6.51. The van der Waals surface area contributed by atoms with Crippen molar-refractivity contribution < 1.29 is 18.4 Å². The van der Waals surface area contributed by atoms with Crippen LogP contribution in [0.1, 0.15) is 59.8 Å². The first-order valence-corrected chi connectivity index (χ1v) is 8.93. The minimum atomic E-state index is -0.405. The van der Waals surface area contributed by atoms with Gasteiger partial charge in [-0.15, -0.1) is 10.2 Å². The number of esters is 1. The fourth-order valence-electron chi connectivity index (χ4n) is 3.35. The highest BCUT2D eigenvalue weighted by molar-refractivity contribution is 5.89. The maximum Gasteiger partial charge on any atom is 0.338 e. The molecule has 1 fully saturated rings. The summed E-state index contributed by atoms with van der Waals surface area (Å²) in [6.45, 7) is -0.0725. The Kier molecular flexibility index (Phi) is 4.82. The number of carbonyl (C=O) groups is 1. The molecule has 2 heterocycles. The molecule has 1 aliphatic rings. The lowest BCUT2D eigenvalue weighted by Gasteiger charge is -2.21. The van der Waals surface area contributed by atoms with E-state index in [4.69, 9.17) is 13.6 Å². The number of ether oxygens (including phenoxy) is 1. The van der Waals surface area contributed by atoms with Gasteiger partial charge in [0.25, 0.3) is 11.8 Å². The zero-order valence-electron chi connectivity index (χ0n) is 14.4. The van der Waals surface area contributed by atoms with E-state index in [-0.39, 0.29) is 18.4 Å². The van der Waals surface area contributed by atoms with Crippen molar-refractivity contribution in [2.75, 3.05) is 0 Å². The first-order valence-electron chi connectivity index (χ1n) is 8.93. The van der Waals surface area contributed by atoms with E-state index in [9.17, 15) is 4.79 Å². The highest BCUT2D eigenvalue weighted by Gasteiger charge is 2.17. The lowest BCUT2D eigenvalue weighted by molar-refractivity contribution is 0.0438. The molecule has 6 nitrogen and oxygen atoms in total. The SMILES string of the molecule is O=C(OCc1nnc(-c2ccco2)o1)c1ccc(C2CCCCC2)cc1. The van der Waals surface area contributed by atoms with Crippen molar-refractivity contribution in [1.82, 2.24) is 10.2 Å². The normalized spacial score (nSPS) is 15.1. The van der Waals surface area contributed by atoms with Crippen LogP contribution in [-0.2, 0) is 11.3 Å². The van der Waals surface area contributed by atoms with Crippen molar-refractivity contribution >= 4 is 5.97 Å². The summed E-state index contributed by atoms with van der Waals surface area (Å²) in [4.78, 5) is 12.2. The molecule has 0 aliphatic heterocycles. The quantitative estimate of drug-likeness (QED) is 0.618. The molecule has 2 aromatic heterocycles. The van der Waals surface area contributed by atoms with Gasteiger partial charge >= 0.3 is 5.97 Å². The van der Waals surface area contributed by atoms with Gasteiger partial charge < -0.3 is 13.6 Å². The summed E-state index contributed by atoms with van der Waals surface area (Å²) in [5.74, 6) is 1.18. The number of hydrogen-bond acceptors (Lipinski definition) is 6. The molecule has 3 aromatic rings. The fraction of sp³-hybridized carbons (Fsp3) is 0.350. The third kappa shape index (κ3) is 3.69. The van der Waals surface area contributed by atoms with Gasteiger partial charge in [0.2, 0.25) is 0 Å². The summed E-state index contributed by atoms with van der Waals surface area (Å²) < 4.78 is 15.9. The monoisotopic (exact) mass is 352 g/mol. The summed E-state index contributed by atoms with van der Waals surface area (Å²) >= 11 is 0. The van der Waals surface area contributed by atoms with Gasteiger partial charge in [0.1, 0.15) is 0 Å². The van der Waals surface area contributed by atoms with E-state index in [1.165, 1.54) is 43.9 Å². The van der Waals surface area contributed by atoms with Crippen LogP contribution in [0, 0.1) is 0 Å². The Morgan fingerprint density at radius 1 is 1.08 bits per heavy atom. The van der Waals surface area contributed by atoms with Crippen molar-refractivity contribution in [2.45, 2.75) is 44.6 Å². The second kappa shape index (κ2) is 7.56. The predicted octanol–water partition coefficient (Wildman–Crippen LogP) is 4.73. The number of furan rings is 1. The molecule has 4 rings (SSSR count). The third-order valence-corrected chi connectivity index (χ3v) is 4.75. The Morgan fingerprint density at radius 2 is 1.88 bits per heavy atom. The fourth-order valence-corrected chi connectivity index (χ4v) is 3.35. The van der Waals surface area contributed by atoms with E-state index in [1.54, 1.807) is 12.1 Å². The van der Waals surface area contributed by atoms with Crippen LogP contribution in [0.2, 0.25) is 0 Å². The van der Waals surface area contributed by atoms with Gasteiger partial charge in [-0.25, -0.2) is 4.79 Å². The average Bonchev–Trinajstić information content (AvgIpc) is 3.38. The molecule has 6 heteroatoms. The molecule has 1 aliphatic carbocycles. The Hall–Kier alpha value is -2.89. The zero-order chi connectivity index (χ0) is 17.8. The van der Waals surface area contributed by atoms with Crippen LogP contribution in [-0.4, -0.2) is 16.2 Å². The highest BCUT2D eigenvalue weighted by atomic mass is 16.5. The Balaban J connectivity index is 1.34. The molecule has 0 saturated heterocycles. The average molecular weight is 352 g/mol. The smallest absolute Gasteiger partial charge is 0.338 e. The van der Waals surface area contributed by atoms with E-state index in [2.05, 4.69) is 10.2 Å². The molecular formula is C20H20N2O4. The number of benzene rings is 1. The number of nitrogens with zero attached hydrogens (tertiary/aromatic N) is 2. The Morgan fingerprint density at radius 3 is 2.62 bits per heavy atom. The van der Waals surface area contributed by atoms with E-state index in [1.807, 2.05) is 24.3 Å². The lowest BCUT2D eigenvalue weighted by atomic mass is 9.84. The molecule has 0 N–H and O–H groups in total. The first-order chi connectivity index (χ1) is 12.8. The van der Waals surface area contributed by atoms with Crippen LogP contribution >= 0.6 is 0 Å². The van der Waals surface area contributed by atoms with Gasteiger partial charge in [0.05, 0.1) is 11.8 Å². The molecule has 0 unspecified atom stereocenters. The topological polar surface area (TPSA) is 78.4 Å². The molecule has 26 heavy (non-hydrogen) atoms. The van der Waals surface area contributed by atoms with Gasteiger partial charge in [0.15, 0.2) is 12.4 Å². The first kappa shape index (κ1) is 16.6. The van der Waals surface area contributed by atoms with E-state index in [0.29, 0.717) is 17.2 Å². The van der Waals surface area contributed by atoms with Crippen LogP contribution in [0.4, 0.5) is 0 Å². The summed E-state index contributed by atoms with van der Waals surface area (Å²) in [5, 5.41) is 7.73. The van der Waals surface area contributed by atoms with E-state index in [0.717, 1.165) is 0 Å². The van der Waals surface area contributed by atoms with Crippen LogP contribution in [0.5, 0.6) is 0 Å².